The molecule has 0 spiro atoms. The molecule has 0 unspecified atom stereocenters. The maximum atomic E-state index is 13.7. The Morgan fingerprint density at radius 3 is 2.54 bits per heavy atom. The van der Waals surface area contributed by atoms with Crippen molar-refractivity contribution in [2.75, 3.05) is 0 Å². The number of halogens is 1. The molecule has 3 nitrogen and oxygen atoms in total. The highest BCUT2D eigenvalue weighted by atomic mass is 19.1. The first-order valence-electron chi connectivity index (χ1n) is 7.62. The van der Waals surface area contributed by atoms with Crippen LogP contribution >= 0.6 is 0 Å². The van der Waals surface area contributed by atoms with Crippen molar-refractivity contribution < 1.29 is 4.39 Å². The Morgan fingerprint density at radius 1 is 0.875 bits per heavy atom. The second-order valence-electron chi connectivity index (χ2n) is 5.46. The summed E-state index contributed by atoms with van der Waals surface area (Å²) in [6.45, 7) is 0. The summed E-state index contributed by atoms with van der Waals surface area (Å²) in [6.07, 6.45) is 7.11. The standard InChI is InChI=1S/C20H14FN3/c21-18-4-2-1-3-15(18)6-8-19-17-7-5-16(13-20(17)24-23-19)14-9-11-22-12-10-14/h1-13H,(H,23,24)/b8-6+. The van der Waals surface area contributed by atoms with E-state index >= 15 is 0 Å². The van der Waals surface area contributed by atoms with E-state index in [0.717, 1.165) is 27.7 Å². The number of nitrogens with one attached hydrogen (secondary N) is 1. The van der Waals surface area contributed by atoms with Crippen molar-refractivity contribution in [2.24, 2.45) is 0 Å². The first-order valence-corrected chi connectivity index (χ1v) is 7.62. The number of aromatic nitrogens is 3. The van der Waals surface area contributed by atoms with Gasteiger partial charge in [-0.15, -0.1) is 0 Å². The van der Waals surface area contributed by atoms with Crippen LogP contribution in [0, 0.1) is 5.82 Å². The highest BCUT2D eigenvalue weighted by Gasteiger charge is 2.05. The monoisotopic (exact) mass is 315 g/mol. The van der Waals surface area contributed by atoms with Crippen LogP contribution in [0.4, 0.5) is 4.39 Å². The average Bonchev–Trinajstić information content (AvgIpc) is 3.04. The van der Waals surface area contributed by atoms with Gasteiger partial charge >= 0.3 is 0 Å². The van der Waals surface area contributed by atoms with E-state index in [4.69, 9.17) is 0 Å². The molecule has 0 aliphatic rings. The molecule has 0 fully saturated rings. The molecular formula is C20H14FN3. The van der Waals surface area contributed by atoms with Crippen molar-refractivity contribution in [3.63, 3.8) is 0 Å². The topological polar surface area (TPSA) is 41.6 Å². The van der Waals surface area contributed by atoms with Gasteiger partial charge < -0.3 is 0 Å². The Morgan fingerprint density at radius 2 is 1.71 bits per heavy atom. The van der Waals surface area contributed by atoms with E-state index in [1.165, 1.54) is 6.07 Å². The van der Waals surface area contributed by atoms with Crippen LogP contribution in [0.2, 0.25) is 0 Å². The lowest BCUT2D eigenvalue weighted by atomic mass is 10.0. The first kappa shape index (κ1) is 14.3. The van der Waals surface area contributed by atoms with E-state index in [-0.39, 0.29) is 5.82 Å². The van der Waals surface area contributed by atoms with Crippen LogP contribution in [0.1, 0.15) is 11.3 Å². The van der Waals surface area contributed by atoms with Gasteiger partial charge in [0, 0.05) is 23.3 Å². The Bertz CT molecular complexity index is 1020. The van der Waals surface area contributed by atoms with Crippen molar-refractivity contribution >= 4 is 23.1 Å². The zero-order valence-electron chi connectivity index (χ0n) is 12.8. The summed E-state index contributed by atoms with van der Waals surface area (Å²) in [5.41, 5.74) is 4.47. The lowest BCUT2D eigenvalue weighted by molar-refractivity contribution is 0.625. The smallest absolute Gasteiger partial charge is 0.130 e. The summed E-state index contributed by atoms with van der Waals surface area (Å²) in [4.78, 5) is 4.04. The summed E-state index contributed by atoms with van der Waals surface area (Å²) in [5, 5.41) is 8.37. The second kappa shape index (κ2) is 6.08. The molecule has 0 radical (unpaired) electrons. The number of fused-ring (bicyclic) bond motifs is 1. The number of rotatable bonds is 3. The first-order chi connectivity index (χ1) is 11.8. The molecular weight excluding hydrogens is 301 g/mol. The maximum Gasteiger partial charge on any atom is 0.130 e. The molecule has 4 heteroatoms. The van der Waals surface area contributed by atoms with Gasteiger partial charge in [0.1, 0.15) is 5.82 Å². The Hall–Kier alpha value is -3.27. The number of hydrogen-bond acceptors (Lipinski definition) is 2. The van der Waals surface area contributed by atoms with Crippen molar-refractivity contribution in [3.05, 3.63) is 84.1 Å². The van der Waals surface area contributed by atoms with Gasteiger partial charge in [0.15, 0.2) is 0 Å². The molecule has 0 amide bonds. The number of benzene rings is 2. The highest BCUT2D eigenvalue weighted by molar-refractivity contribution is 5.92. The number of aromatic amines is 1. The molecule has 0 saturated heterocycles. The zero-order chi connectivity index (χ0) is 16.4. The van der Waals surface area contributed by atoms with Gasteiger partial charge in [-0.3, -0.25) is 10.1 Å². The molecule has 4 aromatic rings. The summed E-state index contributed by atoms with van der Waals surface area (Å²) < 4.78 is 13.7. The highest BCUT2D eigenvalue weighted by Crippen LogP contribution is 2.25. The molecule has 2 aromatic carbocycles. The summed E-state index contributed by atoms with van der Waals surface area (Å²) in [5.74, 6) is -0.242. The van der Waals surface area contributed by atoms with Gasteiger partial charge in [-0.25, -0.2) is 4.39 Å². The van der Waals surface area contributed by atoms with Crippen molar-refractivity contribution in [3.8, 4) is 11.1 Å². The largest absolute Gasteiger partial charge is 0.277 e. The van der Waals surface area contributed by atoms with Gasteiger partial charge in [-0.1, -0.05) is 24.3 Å². The fraction of sp³-hybridized carbons (Fsp3) is 0. The minimum Gasteiger partial charge on any atom is -0.277 e. The minimum atomic E-state index is -0.242. The van der Waals surface area contributed by atoms with Gasteiger partial charge in [0.2, 0.25) is 0 Å². The van der Waals surface area contributed by atoms with Gasteiger partial charge in [0.05, 0.1) is 11.2 Å². The fourth-order valence-corrected chi connectivity index (χ4v) is 2.67. The number of nitrogens with zero attached hydrogens (tertiary/aromatic N) is 2. The molecule has 116 valence electrons. The van der Waals surface area contributed by atoms with Crippen molar-refractivity contribution in [1.29, 1.82) is 0 Å². The summed E-state index contributed by atoms with van der Waals surface area (Å²) >= 11 is 0. The Kier molecular flexibility index (Phi) is 3.63. The van der Waals surface area contributed by atoms with Gasteiger partial charge in [0.25, 0.3) is 0 Å². The molecule has 0 aliphatic carbocycles. The van der Waals surface area contributed by atoms with Crippen LogP contribution in [-0.4, -0.2) is 15.2 Å². The average molecular weight is 315 g/mol. The van der Waals surface area contributed by atoms with Crippen LogP contribution in [-0.2, 0) is 0 Å². The predicted molar refractivity (Wildman–Crippen MR) is 94.7 cm³/mol. The van der Waals surface area contributed by atoms with Gasteiger partial charge in [-0.05, 0) is 53.6 Å². The van der Waals surface area contributed by atoms with E-state index in [0.29, 0.717) is 5.56 Å². The summed E-state index contributed by atoms with van der Waals surface area (Å²) in [7, 11) is 0. The second-order valence-corrected chi connectivity index (χ2v) is 5.46. The van der Waals surface area contributed by atoms with Crippen LogP contribution < -0.4 is 0 Å². The minimum absolute atomic E-state index is 0.242. The fourth-order valence-electron chi connectivity index (χ4n) is 2.67. The van der Waals surface area contributed by atoms with Crippen LogP contribution in [0.25, 0.3) is 34.2 Å². The van der Waals surface area contributed by atoms with Crippen LogP contribution in [0.3, 0.4) is 0 Å². The van der Waals surface area contributed by atoms with E-state index in [1.54, 1.807) is 30.6 Å². The SMILES string of the molecule is Fc1ccccc1/C=C/c1n[nH]c2cc(-c3ccncc3)ccc12. The van der Waals surface area contributed by atoms with E-state index < -0.39 is 0 Å². The molecule has 2 heterocycles. The van der Waals surface area contributed by atoms with Crippen molar-refractivity contribution in [1.82, 2.24) is 15.2 Å². The lowest BCUT2D eigenvalue weighted by Gasteiger charge is -2.01. The molecule has 4 rings (SSSR count). The molecule has 0 bridgehead atoms. The predicted octanol–water partition coefficient (Wildman–Crippen LogP) is 4.93. The number of pyridine rings is 1. The Balaban J connectivity index is 1.70. The quantitative estimate of drug-likeness (QED) is 0.582. The van der Waals surface area contributed by atoms with Crippen LogP contribution in [0.5, 0.6) is 0 Å². The third-order valence-corrected chi connectivity index (χ3v) is 3.93. The lowest BCUT2D eigenvalue weighted by Crippen LogP contribution is -1.80. The molecule has 0 saturated carbocycles. The number of hydrogen-bond donors (Lipinski definition) is 1. The molecule has 0 aliphatic heterocycles. The normalized spacial score (nSPS) is 11.4. The molecule has 1 N–H and O–H groups in total. The number of H-pyrrole nitrogens is 1. The third-order valence-electron chi connectivity index (χ3n) is 3.93. The molecule has 0 atom stereocenters. The van der Waals surface area contributed by atoms with Crippen LogP contribution in [0.15, 0.2) is 67.0 Å². The maximum absolute atomic E-state index is 13.7. The summed E-state index contributed by atoms with van der Waals surface area (Å²) in [6, 6.07) is 16.7. The molecule has 24 heavy (non-hydrogen) atoms. The van der Waals surface area contributed by atoms with E-state index in [9.17, 15) is 4.39 Å². The third kappa shape index (κ3) is 2.70. The zero-order valence-corrected chi connectivity index (χ0v) is 12.8. The van der Waals surface area contributed by atoms with E-state index in [2.05, 4.69) is 21.2 Å². The molecule has 2 aromatic heterocycles. The Labute approximate surface area is 138 Å². The van der Waals surface area contributed by atoms with Gasteiger partial charge in [-0.2, -0.15) is 5.10 Å². The van der Waals surface area contributed by atoms with E-state index in [1.807, 2.05) is 36.4 Å². The van der Waals surface area contributed by atoms with Crippen molar-refractivity contribution in [2.45, 2.75) is 0 Å².